The number of aryl methyl sites for hydroxylation is 1. The average Bonchev–Trinajstić information content (AvgIpc) is 2.83. The average molecular weight is 350 g/mol. The van der Waals surface area contributed by atoms with Crippen LogP contribution in [0.4, 0.5) is 4.39 Å². The molecule has 4 nitrogen and oxygen atoms in total. The summed E-state index contributed by atoms with van der Waals surface area (Å²) >= 11 is 0. The van der Waals surface area contributed by atoms with Crippen molar-refractivity contribution in [2.75, 3.05) is 39.8 Å². The van der Waals surface area contributed by atoms with Gasteiger partial charge in [-0.1, -0.05) is 5.16 Å². The Balaban J connectivity index is 0.00000121. The highest BCUT2D eigenvalue weighted by Crippen LogP contribution is 2.20. The topological polar surface area (TPSA) is 32.5 Å². The Kier molecular flexibility index (Phi) is 7.56. The molecule has 0 amide bonds. The Morgan fingerprint density at radius 2 is 1.91 bits per heavy atom. The summed E-state index contributed by atoms with van der Waals surface area (Å²) in [7, 11) is 2.16. The minimum absolute atomic E-state index is 0. The Bertz CT molecular complexity index is 585. The SMILES string of the molecule is CN1CCN(CCCc2noc3cc(F)ccc23)CC1.Cl.Cl. The zero-order valence-corrected chi connectivity index (χ0v) is 14.3. The van der Waals surface area contributed by atoms with E-state index in [1.54, 1.807) is 6.07 Å². The highest BCUT2D eigenvalue weighted by Gasteiger charge is 2.14. The van der Waals surface area contributed by atoms with Crippen molar-refractivity contribution in [2.45, 2.75) is 12.8 Å². The van der Waals surface area contributed by atoms with Crippen LogP contribution in [0.25, 0.3) is 11.0 Å². The lowest BCUT2D eigenvalue weighted by Crippen LogP contribution is -2.44. The summed E-state index contributed by atoms with van der Waals surface area (Å²) in [6, 6.07) is 4.61. The van der Waals surface area contributed by atoms with Crippen LogP contribution in [-0.4, -0.2) is 54.7 Å². The lowest BCUT2D eigenvalue weighted by atomic mass is 10.1. The van der Waals surface area contributed by atoms with Crippen molar-refractivity contribution in [2.24, 2.45) is 0 Å². The maximum Gasteiger partial charge on any atom is 0.170 e. The molecule has 0 radical (unpaired) electrons. The van der Waals surface area contributed by atoms with Gasteiger partial charge in [-0.15, -0.1) is 24.8 Å². The molecule has 0 aliphatic carbocycles. The lowest BCUT2D eigenvalue weighted by molar-refractivity contribution is 0.153. The minimum Gasteiger partial charge on any atom is -0.356 e. The summed E-state index contributed by atoms with van der Waals surface area (Å²) in [4.78, 5) is 4.85. The van der Waals surface area contributed by atoms with E-state index in [-0.39, 0.29) is 30.6 Å². The molecule has 0 saturated carbocycles. The highest BCUT2D eigenvalue weighted by atomic mass is 35.5. The van der Waals surface area contributed by atoms with E-state index in [4.69, 9.17) is 4.52 Å². The molecule has 0 bridgehead atoms. The second-order valence-corrected chi connectivity index (χ2v) is 5.52. The summed E-state index contributed by atoms with van der Waals surface area (Å²) in [5.74, 6) is -0.280. The van der Waals surface area contributed by atoms with Gasteiger partial charge in [0.1, 0.15) is 5.82 Å². The minimum atomic E-state index is -0.280. The fourth-order valence-corrected chi connectivity index (χ4v) is 2.69. The van der Waals surface area contributed by atoms with Crippen molar-refractivity contribution in [3.05, 3.63) is 29.7 Å². The lowest BCUT2D eigenvalue weighted by Gasteiger charge is -2.32. The maximum atomic E-state index is 13.1. The van der Waals surface area contributed by atoms with Gasteiger partial charge >= 0.3 is 0 Å². The molecule has 1 aromatic heterocycles. The van der Waals surface area contributed by atoms with Crippen LogP contribution >= 0.6 is 24.8 Å². The monoisotopic (exact) mass is 349 g/mol. The molecule has 2 heterocycles. The van der Waals surface area contributed by atoms with Crippen LogP contribution in [0.2, 0.25) is 0 Å². The number of aromatic nitrogens is 1. The van der Waals surface area contributed by atoms with Gasteiger partial charge in [0.15, 0.2) is 5.58 Å². The van der Waals surface area contributed by atoms with E-state index in [1.165, 1.54) is 12.1 Å². The van der Waals surface area contributed by atoms with Crippen LogP contribution in [0.15, 0.2) is 22.7 Å². The molecule has 1 aliphatic heterocycles. The second-order valence-electron chi connectivity index (χ2n) is 5.52. The quantitative estimate of drug-likeness (QED) is 0.849. The summed E-state index contributed by atoms with van der Waals surface area (Å²) in [5.41, 5.74) is 1.48. The number of hydrogen-bond acceptors (Lipinski definition) is 4. The van der Waals surface area contributed by atoms with Crippen LogP contribution in [0, 0.1) is 5.82 Å². The number of benzene rings is 1. The first-order valence-electron chi connectivity index (χ1n) is 7.17. The Labute approximate surface area is 142 Å². The van der Waals surface area contributed by atoms with Crippen molar-refractivity contribution in [1.29, 1.82) is 0 Å². The van der Waals surface area contributed by atoms with Gasteiger partial charge < -0.3 is 14.3 Å². The molecule has 0 N–H and O–H groups in total. The Hall–Kier alpha value is -0.880. The highest BCUT2D eigenvalue weighted by molar-refractivity contribution is 5.85. The number of halogens is 3. The summed E-state index contributed by atoms with van der Waals surface area (Å²) in [5, 5.41) is 5.00. The van der Waals surface area contributed by atoms with Gasteiger partial charge in [0.05, 0.1) is 5.69 Å². The first kappa shape index (κ1) is 19.2. The van der Waals surface area contributed by atoms with Gasteiger partial charge in [0, 0.05) is 37.6 Å². The number of hydrogen-bond donors (Lipinski definition) is 0. The molecule has 22 heavy (non-hydrogen) atoms. The molecule has 0 spiro atoms. The summed E-state index contributed by atoms with van der Waals surface area (Å²) in [6.07, 6.45) is 1.94. The molecule has 1 fully saturated rings. The molecule has 124 valence electrons. The van der Waals surface area contributed by atoms with Crippen molar-refractivity contribution < 1.29 is 8.91 Å². The Morgan fingerprint density at radius 3 is 2.64 bits per heavy atom. The van der Waals surface area contributed by atoms with Crippen molar-refractivity contribution in [1.82, 2.24) is 15.0 Å². The normalized spacial score (nSPS) is 16.3. The molecular weight excluding hydrogens is 328 g/mol. The number of piperazine rings is 1. The van der Waals surface area contributed by atoms with Gasteiger partial charge in [0.25, 0.3) is 0 Å². The largest absolute Gasteiger partial charge is 0.356 e. The van der Waals surface area contributed by atoms with Crippen molar-refractivity contribution in [3.63, 3.8) is 0 Å². The number of likely N-dealkylation sites (N-methyl/N-ethyl adjacent to an activating group) is 1. The smallest absolute Gasteiger partial charge is 0.170 e. The van der Waals surface area contributed by atoms with Gasteiger partial charge in [-0.3, -0.25) is 0 Å². The first-order chi connectivity index (χ1) is 9.72. The van der Waals surface area contributed by atoms with E-state index in [2.05, 4.69) is 22.0 Å². The number of fused-ring (bicyclic) bond motifs is 1. The maximum absolute atomic E-state index is 13.1. The van der Waals surface area contributed by atoms with Crippen LogP contribution in [-0.2, 0) is 6.42 Å². The molecule has 1 aromatic carbocycles. The van der Waals surface area contributed by atoms with Crippen LogP contribution in [0.1, 0.15) is 12.1 Å². The molecule has 0 atom stereocenters. The van der Waals surface area contributed by atoms with Crippen molar-refractivity contribution >= 4 is 35.8 Å². The van der Waals surface area contributed by atoms with E-state index in [1.807, 2.05) is 0 Å². The molecule has 1 saturated heterocycles. The molecule has 7 heteroatoms. The van der Waals surface area contributed by atoms with E-state index in [0.717, 1.165) is 56.6 Å². The third kappa shape index (κ3) is 4.56. The third-order valence-corrected chi connectivity index (χ3v) is 3.99. The van der Waals surface area contributed by atoms with Gasteiger partial charge in [-0.05, 0) is 38.6 Å². The predicted octanol–water partition coefficient (Wildman–Crippen LogP) is 2.99. The van der Waals surface area contributed by atoms with Gasteiger partial charge in [-0.2, -0.15) is 0 Å². The van der Waals surface area contributed by atoms with E-state index < -0.39 is 0 Å². The van der Waals surface area contributed by atoms with E-state index in [0.29, 0.717) is 5.58 Å². The molecular formula is C15H22Cl2FN3O. The molecule has 3 rings (SSSR count). The van der Waals surface area contributed by atoms with Gasteiger partial charge in [-0.25, -0.2) is 4.39 Å². The van der Waals surface area contributed by atoms with Gasteiger partial charge in [0.2, 0.25) is 0 Å². The zero-order valence-electron chi connectivity index (χ0n) is 12.6. The first-order valence-corrected chi connectivity index (χ1v) is 7.17. The zero-order chi connectivity index (χ0) is 13.9. The third-order valence-electron chi connectivity index (χ3n) is 3.99. The molecule has 0 unspecified atom stereocenters. The van der Waals surface area contributed by atoms with Crippen LogP contribution < -0.4 is 0 Å². The number of nitrogens with zero attached hydrogens (tertiary/aromatic N) is 3. The summed E-state index contributed by atoms with van der Waals surface area (Å²) in [6.45, 7) is 5.66. The van der Waals surface area contributed by atoms with E-state index >= 15 is 0 Å². The molecule has 1 aliphatic rings. The second kappa shape index (κ2) is 8.67. The Morgan fingerprint density at radius 1 is 1.18 bits per heavy atom. The number of rotatable bonds is 4. The van der Waals surface area contributed by atoms with Crippen molar-refractivity contribution in [3.8, 4) is 0 Å². The predicted molar refractivity (Wildman–Crippen MR) is 90.7 cm³/mol. The van der Waals surface area contributed by atoms with Crippen LogP contribution in [0.3, 0.4) is 0 Å². The van der Waals surface area contributed by atoms with Crippen LogP contribution in [0.5, 0.6) is 0 Å². The standard InChI is InChI=1S/C15H20FN3O.2ClH/c1-18-7-9-19(10-8-18)6-2-3-14-13-5-4-12(16)11-15(13)20-17-14;;/h4-5,11H,2-3,6-10H2,1H3;2*1H. The fraction of sp³-hybridized carbons (Fsp3) is 0.533. The fourth-order valence-electron chi connectivity index (χ4n) is 2.69. The molecule has 2 aromatic rings. The summed E-state index contributed by atoms with van der Waals surface area (Å²) < 4.78 is 18.3. The van der Waals surface area contributed by atoms with E-state index in [9.17, 15) is 4.39 Å².